The summed E-state index contributed by atoms with van der Waals surface area (Å²) >= 11 is 0. The molecule has 0 bridgehead atoms. The first-order chi connectivity index (χ1) is 9.70. The molecule has 0 aliphatic rings. The predicted molar refractivity (Wildman–Crippen MR) is 92.9 cm³/mol. The van der Waals surface area contributed by atoms with Gasteiger partial charge in [0.2, 0.25) is 0 Å². The van der Waals surface area contributed by atoms with Crippen molar-refractivity contribution < 1.29 is 19.8 Å². The van der Waals surface area contributed by atoms with Gasteiger partial charge in [0.25, 0.3) is 0 Å². The zero-order valence-corrected chi connectivity index (χ0v) is 14.1. The van der Waals surface area contributed by atoms with E-state index in [1.54, 1.807) is 20.8 Å². The Kier molecular flexibility index (Phi) is 13.5. The molecule has 0 aliphatic carbocycles. The number of hydrogen-bond acceptors (Lipinski definition) is 2. The van der Waals surface area contributed by atoms with Gasteiger partial charge in [0.1, 0.15) is 0 Å². The molecule has 0 aromatic carbocycles. The third-order valence-corrected chi connectivity index (χ3v) is 4.42. The molecule has 2 N–H and O–H groups in total. The Labute approximate surface area is 175 Å². The van der Waals surface area contributed by atoms with Crippen molar-refractivity contribution in [1.29, 1.82) is 0 Å². The number of carboxylic acids is 2. The van der Waals surface area contributed by atoms with Crippen LogP contribution in [0.1, 0.15) is 85.5 Å². The Hall–Kier alpha value is 0.511. The van der Waals surface area contributed by atoms with Crippen LogP contribution in [0.5, 0.6) is 0 Å². The summed E-state index contributed by atoms with van der Waals surface area (Å²) in [5, 5.41) is 18.9. The molecule has 22 heavy (non-hydrogen) atoms. The van der Waals surface area contributed by atoms with Crippen LogP contribution in [0.4, 0.5) is 0 Å². The van der Waals surface area contributed by atoms with Gasteiger partial charge < -0.3 is 10.2 Å². The summed E-state index contributed by atoms with van der Waals surface area (Å²) in [5.41, 5.74) is -2.49. The van der Waals surface area contributed by atoms with E-state index in [2.05, 4.69) is 6.92 Å². The topological polar surface area (TPSA) is 74.6 Å². The van der Waals surface area contributed by atoms with Gasteiger partial charge in [-0.15, -0.1) is 0 Å². The second-order valence-electron chi connectivity index (χ2n) is 6.99. The number of unbranched alkanes of at least 4 members (excludes halogenated alkanes) is 7. The molecular weight excluding hydrogens is 406 g/mol. The third kappa shape index (κ3) is 7.39. The van der Waals surface area contributed by atoms with E-state index in [4.69, 9.17) is 0 Å². The van der Waals surface area contributed by atoms with Crippen LogP contribution in [-0.4, -0.2) is 71.0 Å². The molecule has 0 fully saturated rings. The normalized spacial score (nSPS) is 11.8. The number of rotatable bonds is 11. The molecule has 0 spiro atoms. The van der Waals surface area contributed by atoms with Crippen molar-refractivity contribution in [2.45, 2.75) is 85.5 Å². The predicted octanol–water partition coefficient (Wildman–Crippen LogP) is 3.80. The van der Waals surface area contributed by atoms with E-state index in [0.717, 1.165) is 19.3 Å². The van der Waals surface area contributed by atoms with Gasteiger partial charge in [0, 0.05) is 0 Å². The van der Waals surface area contributed by atoms with Gasteiger partial charge in [-0.2, -0.15) is 0 Å². The molecule has 0 saturated carbocycles. The average Bonchev–Trinajstić information content (AvgIpc) is 2.34. The first kappa shape index (κ1) is 24.8. The van der Waals surface area contributed by atoms with Crippen LogP contribution in [0, 0.1) is 10.8 Å². The van der Waals surface area contributed by atoms with Gasteiger partial charge in [0.15, 0.2) is 5.41 Å². The Morgan fingerprint density at radius 1 is 0.773 bits per heavy atom. The first-order valence-electron chi connectivity index (χ1n) is 8.17. The SMILES string of the molecule is CCCCCCCCCCC(C(=O)O)(C(=O)O)C(C)(C)C.[BaH2]. The van der Waals surface area contributed by atoms with Crippen LogP contribution in [0.25, 0.3) is 0 Å². The summed E-state index contributed by atoms with van der Waals surface area (Å²) < 4.78 is 0. The molecule has 0 amide bonds. The van der Waals surface area contributed by atoms with Crippen molar-refractivity contribution in [3.63, 3.8) is 0 Å². The third-order valence-electron chi connectivity index (χ3n) is 4.42. The van der Waals surface area contributed by atoms with Gasteiger partial charge >= 0.3 is 60.8 Å². The van der Waals surface area contributed by atoms with Crippen molar-refractivity contribution >= 4 is 60.8 Å². The van der Waals surface area contributed by atoms with E-state index >= 15 is 0 Å². The zero-order valence-electron chi connectivity index (χ0n) is 14.1. The summed E-state index contributed by atoms with van der Waals surface area (Å²) in [6.07, 6.45) is 8.95. The summed E-state index contributed by atoms with van der Waals surface area (Å²) in [6.45, 7) is 7.27. The molecule has 4 nitrogen and oxygen atoms in total. The van der Waals surface area contributed by atoms with E-state index < -0.39 is 22.8 Å². The van der Waals surface area contributed by atoms with Gasteiger partial charge in [-0.05, 0) is 11.8 Å². The van der Waals surface area contributed by atoms with E-state index in [1.165, 1.54) is 25.7 Å². The molecule has 5 heteroatoms. The van der Waals surface area contributed by atoms with Crippen molar-refractivity contribution in [3.05, 3.63) is 0 Å². The number of aliphatic carboxylic acids is 2. The molecular formula is C17H34BaO4. The van der Waals surface area contributed by atoms with Crippen molar-refractivity contribution in [3.8, 4) is 0 Å². The fraction of sp³-hybridized carbons (Fsp3) is 0.882. The van der Waals surface area contributed by atoms with Crippen LogP contribution in [0.15, 0.2) is 0 Å². The Bertz CT molecular complexity index is 320. The molecule has 0 aromatic heterocycles. The van der Waals surface area contributed by atoms with Crippen molar-refractivity contribution in [2.24, 2.45) is 10.8 Å². The monoisotopic (exact) mass is 440 g/mol. The summed E-state index contributed by atoms with van der Waals surface area (Å²) in [4.78, 5) is 23.1. The quantitative estimate of drug-likeness (QED) is 0.292. The van der Waals surface area contributed by atoms with E-state index in [-0.39, 0.29) is 55.3 Å². The molecule has 0 unspecified atom stereocenters. The van der Waals surface area contributed by atoms with E-state index in [1.807, 2.05) is 0 Å². The molecule has 0 radical (unpaired) electrons. The Morgan fingerprint density at radius 2 is 1.14 bits per heavy atom. The summed E-state index contributed by atoms with van der Waals surface area (Å²) in [7, 11) is 0. The molecule has 0 heterocycles. The maximum absolute atomic E-state index is 11.6. The zero-order chi connectivity index (χ0) is 16.5. The summed E-state index contributed by atoms with van der Waals surface area (Å²) in [5.74, 6) is -2.43. The molecule has 0 saturated heterocycles. The van der Waals surface area contributed by atoms with Gasteiger partial charge in [-0.3, -0.25) is 9.59 Å². The first-order valence-corrected chi connectivity index (χ1v) is 8.17. The van der Waals surface area contributed by atoms with E-state index in [9.17, 15) is 19.8 Å². The molecule has 0 atom stereocenters. The molecule has 0 rings (SSSR count). The summed E-state index contributed by atoms with van der Waals surface area (Å²) in [6, 6.07) is 0. The van der Waals surface area contributed by atoms with Crippen molar-refractivity contribution in [1.82, 2.24) is 0 Å². The number of carboxylic acid groups (broad SMARTS) is 2. The van der Waals surface area contributed by atoms with Crippen LogP contribution >= 0.6 is 0 Å². The fourth-order valence-electron chi connectivity index (χ4n) is 2.85. The minimum atomic E-state index is -1.69. The second kappa shape index (κ2) is 12.0. The number of carbonyl (C=O) groups is 2. The van der Waals surface area contributed by atoms with Crippen LogP contribution in [0.3, 0.4) is 0 Å². The van der Waals surface area contributed by atoms with Gasteiger partial charge in [0.05, 0.1) is 0 Å². The average molecular weight is 440 g/mol. The molecule has 128 valence electrons. The molecule has 0 aliphatic heterocycles. The van der Waals surface area contributed by atoms with Crippen molar-refractivity contribution in [2.75, 3.05) is 0 Å². The standard InChI is InChI=1S/C17H32O4.Ba.2H/c1-5-6-7-8-9-10-11-12-13-17(14(18)19,15(20)21)16(2,3)4;;;/h5-13H2,1-4H3,(H,18,19)(H,20,21);;;. The Balaban J connectivity index is 0. The number of hydrogen-bond donors (Lipinski definition) is 2. The van der Waals surface area contributed by atoms with Crippen LogP contribution in [-0.2, 0) is 9.59 Å². The molecule has 0 aromatic rings. The maximum atomic E-state index is 11.6. The Morgan fingerprint density at radius 3 is 1.45 bits per heavy atom. The van der Waals surface area contributed by atoms with Crippen LogP contribution in [0.2, 0.25) is 0 Å². The fourth-order valence-corrected chi connectivity index (χ4v) is 2.85. The van der Waals surface area contributed by atoms with Gasteiger partial charge in [-0.1, -0.05) is 79.1 Å². The second-order valence-corrected chi connectivity index (χ2v) is 6.99. The minimum absolute atomic E-state index is 0. The van der Waals surface area contributed by atoms with Gasteiger partial charge in [-0.25, -0.2) is 0 Å². The van der Waals surface area contributed by atoms with Crippen LogP contribution < -0.4 is 0 Å². The van der Waals surface area contributed by atoms with E-state index in [0.29, 0.717) is 6.42 Å².